The zero-order valence-corrected chi connectivity index (χ0v) is 19.3. The van der Waals surface area contributed by atoms with E-state index in [1.165, 1.54) is 0 Å². The van der Waals surface area contributed by atoms with E-state index in [9.17, 15) is 9.59 Å². The van der Waals surface area contributed by atoms with Crippen LogP contribution in [-0.4, -0.2) is 45.9 Å². The number of aliphatic imine (C=N–C) groups is 1. The summed E-state index contributed by atoms with van der Waals surface area (Å²) < 4.78 is 0. The van der Waals surface area contributed by atoms with Crippen molar-refractivity contribution in [2.75, 3.05) is 5.32 Å². The molecule has 2 aliphatic rings. The third-order valence-electron chi connectivity index (χ3n) is 6.54. The third-order valence-corrected chi connectivity index (χ3v) is 6.54. The van der Waals surface area contributed by atoms with E-state index >= 15 is 0 Å². The molecule has 1 aromatic heterocycles. The lowest BCUT2D eigenvalue weighted by Gasteiger charge is -2.30. The third kappa shape index (κ3) is 5.27. The van der Waals surface area contributed by atoms with Crippen molar-refractivity contribution in [1.29, 1.82) is 0 Å². The number of aromatic nitrogens is 2. The van der Waals surface area contributed by atoms with E-state index in [0.717, 1.165) is 36.6 Å². The molecule has 0 spiro atoms. The second-order valence-electron chi connectivity index (χ2n) is 9.10. The molecule has 1 heterocycles. The largest absolute Gasteiger partial charge is 0.370 e. The maximum atomic E-state index is 13.2. The number of aryl methyl sites for hydroxylation is 1. The Morgan fingerprint density at radius 2 is 1.79 bits per heavy atom. The van der Waals surface area contributed by atoms with Crippen LogP contribution in [0.25, 0.3) is 10.9 Å². The van der Waals surface area contributed by atoms with Crippen molar-refractivity contribution in [3.05, 3.63) is 41.7 Å². The highest BCUT2D eigenvalue weighted by atomic mass is 16.2. The van der Waals surface area contributed by atoms with Gasteiger partial charge in [0.2, 0.25) is 11.7 Å². The second-order valence-corrected chi connectivity index (χ2v) is 9.10. The average molecular weight is 465 g/mol. The molecule has 10 heteroatoms. The van der Waals surface area contributed by atoms with Gasteiger partial charge >= 0.3 is 0 Å². The zero-order chi connectivity index (χ0) is 24.2. The molecular weight excluding hydrogens is 432 g/mol. The number of allylic oxidation sites excluding steroid dienone is 1. The topological polar surface area (TPSA) is 174 Å². The molecule has 2 unspecified atom stereocenters. The first-order chi connectivity index (χ1) is 16.3. The molecule has 1 aromatic carbocycles. The minimum Gasteiger partial charge on any atom is -0.370 e. The lowest BCUT2D eigenvalue weighted by atomic mass is 9.88. The Balaban J connectivity index is 1.66. The average Bonchev–Trinajstić information content (AvgIpc) is 2.80. The van der Waals surface area contributed by atoms with E-state index in [1.807, 2.05) is 37.3 Å². The van der Waals surface area contributed by atoms with Gasteiger partial charge < -0.3 is 27.8 Å². The van der Waals surface area contributed by atoms with Gasteiger partial charge in [-0.05, 0) is 44.7 Å². The molecule has 1 fully saturated rings. The van der Waals surface area contributed by atoms with Crippen LogP contribution in [0, 0.1) is 12.8 Å². The fourth-order valence-electron chi connectivity index (χ4n) is 4.78. The first-order valence-corrected chi connectivity index (χ1v) is 11.7. The summed E-state index contributed by atoms with van der Waals surface area (Å²) in [5, 5.41) is 7.23. The van der Waals surface area contributed by atoms with Gasteiger partial charge in [-0.25, -0.2) is 15.0 Å². The number of nitrogens with zero attached hydrogens (tertiary/aromatic N) is 3. The van der Waals surface area contributed by atoms with Crippen LogP contribution >= 0.6 is 0 Å². The van der Waals surface area contributed by atoms with Crippen LogP contribution in [0.2, 0.25) is 0 Å². The number of primary amides is 1. The quantitative estimate of drug-likeness (QED) is 0.244. The fraction of sp³-hybridized carbons (Fsp3) is 0.458. The SMILES string of the molecule is Cc1ccc2nc(C(=O)N[C@H]3CC=CC[C@H]3C(N)=O)nc(NC3CCCCC3N=C(N)N)c2c1. The molecule has 0 aliphatic heterocycles. The van der Waals surface area contributed by atoms with Gasteiger partial charge in [0.25, 0.3) is 5.91 Å². The lowest BCUT2D eigenvalue weighted by molar-refractivity contribution is -0.122. The summed E-state index contributed by atoms with van der Waals surface area (Å²) in [5.41, 5.74) is 18.6. The van der Waals surface area contributed by atoms with E-state index in [0.29, 0.717) is 24.2 Å². The minimum absolute atomic E-state index is 0.0203. The molecule has 34 heavy (non-hydrogen) atoms. The number of nitrogens with one attached hydrogen (secondary N) is 2. The monoisotopic (exact) mass is 464 g/mol. The zero-order valence-electron chi connectivity index (χ0n) is 19.3. The summed E-state index contributed by atoms with van der Waals surface area (Å²) >= 11 is 0. The molecule has 4 atom stereocenters. The molecule has 180 valence electrons. The maximum Gasteiger partial charge on any atom is 0.289 e. The van der Waals surface area contributed by atoms with Gasteiger partial charge in [-0.1, -0.05) is 36.6 Å². The number of benzene rings is 1. The Hall–Kier alpha value is -3.69. The van der Waals surface area contributed by atoms with Crippen molar-refractivity contribution in [1.82, 2.24) is 15.3 Å². The van der Waals surface area contributed by atoms with Gasteiger partial charge in [-0.2, -0.15) is 0 Å². The molecule has 10 nitrogen and oxygen atoms in total. The number of guanidine groups is 1. The number of anilines is 1. The number of hydrogen-bond donors (Lipinski definition) is 5. The Kier molecular flexibility index (Phi) is 6.95. The molecule has 1 saturated carbocycles. The molecule has 2 aromatic rings. The Labute approximate surface area is 198 Å². The molecular formula is C24H32N8O2. The highest BCUT2D eigenvalue weighted by molar-refractivity contribution is 5.97. The van der Waals surface area contributed by atoms with Crippen molar-refractivity contribution >= 4 is 34.5 Å². The van der Waals surface area contributed by atoms with E-state index < -0.39 is 23.8 Å². The standard InChI is InChI=1S/C24H32N8O2/c1-13-10-11-17-15(12-13)21(29-18-8-4-5-9-19(18)31-24(26)27)32-22(28-17)23(34)30-16-7-3-2-6-14(16)20(25)33/h2-3,10-12,14,16,18-19H,4-9H2,1H3,(H2,25,33)(H,30,34)(H4,26,27,31)(H,28,29,32)/t14-,16+,18?,19?/m1/s1. The number of carbonyl (C=O) groups excluding carboxylic acids is 2. The number of fused-ring (bicyclic) bond motifs is 1. The number of carbonyl (C=O) groups is 2. The molecule has 0 bridgehead atoms. The summed E-state index contributed by atoms with van der Waals surface area (Å²) in [6.07, 6.45) is 8.73. The van der Waals surface area contributed by atoms with Crippen LogP contribution in [0.3, 0.4) is 0 Å². The van der Waals surface area contributed by atoms with Gasteiger partial charge in [0.05, 0.1) is 23.5 Å². The van der Waals surface area contributed by atoms with E-state index in [2.05, 4.69) is 25.6 Å². The Morgan fingerprint density at radius 3 is 2.56 bits per heavy atom. The number of hydrogen-bond acceptors (Lipinski definition) is 6. The van der Waals surface area contributed by atoms with Gasteiger partial charge in [0, 0.05) is 11.4 Å². The lowest BCUT2D eigenvalue weighted by Crippen LogP contribution is -2.46. The Bertz CT molecular complexity index is 1140. The van der Waals surface area contributed by atoms with Gasteiger partial charge in [-0.3, -0.25) is 9.59 Å². The van der Waals surface area contributed by atoms with Crippen LogP contribution in [-0.2, 0) is 4.79 Å². The Morgan fingerprint density at radius 1 is 1.03 bits per heavy atom. The van der Waals surface area contributed by atoms with Crippen molar-refractivity contribution in [3.63, 3.8) is 0 Å². The van der Waals surface area contributed by atoms with Crippen molar-refractivity contribution in [3.8, 4) is 0 Å². The maximum absolute atomic E-state index is 13.2. The van der Waals surface area contributed by atoms with E-state index in [4.69, 9.17) is 17.2 Å². The second kappa shape index (κ2) is 10.1. The van der Waals surface area contributed by atoms with Crippen LogP contribution in [0.5, 0.6) is 0 Å². The predicted octanol–water partition coefficient (Wildman–Crippen LogP) is 1.48. The van der Waals surface area contributed by atoms with Crippen LogP contribution < -0.4 is 27.8 Å². The molecule has 2 amide bonds. The summed E-state index contributed by atoms with van der Waals surface area (Å²) in [6, 6.07) is 5.32. The highest BCUT2D eigenvalue weighted by Crippen LogP contribution is 2.28. The molecule has 2 aliphatic carbocycles. The van der Waals surface area contributed by atoms with E-state index in [-0.39, 0.29) is 23.9 Å². The molecule has 8 N–H and O–H groups in total. The fourth-order valence-corrected chi connectivity index (χ4v) is 4.78. The van der Waals surface area contributed by atoms with Gasteiger partial charge in [0.1, 0.15) is 5.82 Å². The number of rotatable bonds is 6. The highest BCUT2D eigenvalue weighted by Gasteiger charge is 2.30. The van der Waals surface area contributed by atoms with Crippen LogP contribution in [0.4, 0.5) is 5.82 Å². The molecule has 0 radical (unpaired) electrons. The number of amides is 2. The first kappa shape index (κ1) is 23.5. The minimum atomic E-state index is -0.461. The summed E-state index contributed by atoms with van der Waals surface area (Å²) in [7, 11) is 0. The predicted molar refractivity (Wildman–Crippen MR) is 132 cm³/mol. The first-order valence-electron chi connectivity index (χ1n) is 11.7. The normalized spacial score (nSPS) is 24.4. The molecule has 4 rings (SSSR count). The van der Waals surface area contributed by atoms with Crippen molar-refractivity contribution in [2.24, 2.45) is 28.1 Å². The molecule has 0 saturated heterocycles. The van der Waals surface area contributed by atoms with Crippen molar-refractivity contribution in [2.45, 2.75) is 63.6 Å². The summed E-state index contributed by atoms with van der Waals surface area (Å²) in [5.74, 6) is -0.677. The summed E-state index contributed by atoms with van der Waals surface area (Å²) in [6.45, 7) is 1.99. The van der Waals surface area contributed by atoms with Crippen LogP contribution in [0.1, 0.15) is 54.7 Å². The smallest absolute Gasteiger partial charge is 0.289 e. The number of nitrogens with two attached hydrogens (primary N) is 3. The van der Waals surface area contributed by atoms with Crippen LogP contribution in [0.15, 0.2) is 35.3 Å². The van der Waals surface area contributed by atoms with Gasteiger partial charge in [-0.15, -0.1) is 0 Å². The van der Waals surface area contributed by atoms with E-state index in [1.54, 1.807) is 0 Å². The summed E-state index contributed by atoms with van der Waals surface area (Å²) in [4.78, 5) is 38.5. The van der Waals surface area contributed by atoms with Crippen molar-refractivity contribution < 1.29 is 9.59 Å². The van der Waals surface area contributed by atoms with Gasteiger partial charge in [0.15, 0.2) is 5.96 Å².